The molecule has 1 aromatic carbocycles. The molecule has 1 rings (SSSR count). The Kier molecular flexibility index (Phi) is 3.51. The molecule has 0 fully saturated rings. The van der Waals surface area contributed by atoms with Crippen LogP contribution in [-0.2, 0) is 9.53 Å². The number of carbonyl (C=O) groups excluding carboxylic acids is 1. The van der Waals surface area contributed by atoms with E-state index in [0.717, 1.165) is 5.56 Å². The first kappa shape index (κ1) is 11.3. The van der Waals surface area contributed by atoms with Crippen molar-refractivity contribution in [2.75, 3.05) is 0 Å². The van der Waals surface area contributed by atoms with Gasteiger partial charge in [-0.15, -0.1) is 0 Å². The maximum absolute atomic E-state index is 11.2. The molecule has 0 saturated carbocycles. The minimum Gasteiger partial charge on any atom is -0.450 e. The van der Waals surface area contributed by atoms with Gasteiger partial charge < -0.3 is 4.74 Å². The van der Waals surface area contributed by atoms with Gasteiger partial charge in [0.25, 0.3) is 0 Å². The molecule has 0 aliphatic rings. The van der Waals surface area contributed by atoms with Gasteiger partial charge in [0.15, 0.2) is 0 Å². The molecule has 0 unspecified atom stereocenters. The van der Waals surface area contributed by atoms with E-state index in [-0.39, 0.29) is 0 Å². The number of benzene rings is 1. The summed E-state index contributed by atoms with van der Waals surface area (Å²) in [6, 6.07) is 9.34. The van der Waals surface area contributed by atoms with E-state index in [2.05, 4.69) is 11.8 Å². The fraction of sp³-hybridized carbons (Fsp3) is 0.308. The largest absolute Gasteiger partial charge is 0.450 e. The van der Waals surface area contributed by atoms with Crippen LogP contribution in [0.3, 0.4) is 0 Å². The van der Waals surface area contributed by atoms with Crippen molar-refractivity contribution >= 4 is 5.97 Å². The van der Waals surface area contributed by atoms with Gasteiger partial charge in [-0.2, -0.15) is 0 Å². The number of carbonyl (C=O) groups is 1. The Morgan fingerprint density at radius 2 is 1.80 bits per heavy atom. The Bertz CT molecular complexity index is 388. The highest BCUT2D eigenvalue weighted by Crippen LogP contribution is 2.06. The average Bonchev–Trinajstić information content (AvgIpc) is 2.14. The summed E-state index contributed by atoms with van der Waals surface area (Å²) in [5.41, 5.74) is 0.325. The van der Waals surface area contributed by atoms with Crippen molar-refractivity contribution in [1.82, 2.24) is 0 Å². The lowest BCUT2D eigenvalue weighted by Crippen LogP contribution is -2.22. The van der Waals surface area contributed by atoms with Crippen LogP contribution >= 0.6 is 0 Å². The molecular weight excluding hydrogens is 188 g/mol. The minimum absolute atomic E-state index is 0.484. The second-order valence-electron chi connectivity index (χ2n) is 4.12. The van der Waals surface area contributed by atoms with Gasteiger partial charge in [0.05, 0.1) is 0 Å². The predicted molar refractivity (Wildman–Crippen MR) is 59.2 cm³/mol. The van der Waals surface area contributed by atoms with Gasteiger partial charge in [0.2, 0.25) is 0 Å². The highest BCUT2D eigenvalue weighted by molar-refractivity contribution is 5.89. The van der Waals surface area contributed by atoms with Crippen LogP contribution in [0, 0.1) is 11.8 Å². The zero-order chi connectivity index (χ0) is 11.3. The number of rotatable bonds is 0. The van der Waals surface area contributed by atoms with Gasteiger partial charge in [-0.1, -0.05) is 24.1 Å². The lowest BCUT2D eigenvalue weighted by molar-refractivity contribution is -0.147. The monoisotopic (exact) mass is 202 g/mol. The zero-order valence-electron chi connectivity index (χ0n) is 9.20. The van der Waals surface area contributed by atoms with Crippen molar-refractivity contribution in [2.24, 2.45) is 0 Å². The van der Waals surface area contributed by atoms with Crippen molar-refractivity contribution in [3.8, 4) is 11.8 Å². The maximum atomic E-state index is 11.2. The molecule has 0 saturated heterocycles. The van der Waals surface area contributed by atoms with Gasteiger partial charge in [-0.05, 0) is 32.9 Å². The van der Waals surface area contributed by atoms with Crippen molar-refractivity contribution < 1.29 is 9.53 Å². The van der Waals surface area contributed by atoms with E-state index in [0.29, 0.717) is 0 Å². The Morgan fingerprint density at radius 1 is 1.20 bits per heavy atom. The Labute approximate surface area is 90.3 Å². The molecule has 0 aliphatic heterocycles. The summed E-state index contributed by atoms with van der Waals surface area (Å²) in [5.74, 6) is 4.69. The Balaban J connectivity index is 2.64. The molecule has 2 nitrogen and oxygen atoms in total. The molecule has 0 bridgehead atoms. The molecule has 0 aliphatic carbocycles. The van der Waals surface area contributed by atoms with E-state index in [1.54, 1.807) is 0 Å². The normalized spacial score (nSPS) is 10.1. The molecule has 15 heavy (non-hydrogen) atoms. The quantitative estimate of drug-likeness (QED) is 0.477. The molecule has 78 valence electrons. The molecule has 0 atom stereocenters. The fourth-order valence-corrected chi connectivity index (χ4v) is 0.948. The summed E-state index contributed by atoms with van der Waals surface area (Å²) in [4.78, 5) is 11.2. The van der Waals surface area contributed by atoms with E-state index >= 15 is 0 Å². The number of ether oxygens (including phenoxy) is 1. The Morgan fingerprint density at radius 3 is 2.33 bits per heavy atom. The van der Waals surface area contributed by atoms with Gasteiger partial charge in [-0.3, -0.25) is 0 Å². The van der Waals surface area contributed by atoms with E-state index in [9.17, 15) is 4.79 Å². The first-order chi connectivity index (χ1) is 6.97. The van der Waals surface area contributed by atoms with Crippen LogP contribution < -0.4 is 0 Å². The van der Waals surface area contributed by atoms with Crippen LogP contribution in [0.15, 0.2) is 30.3 Å². The summed E-state index contributed by atoms with van der Waals surface area (Å²) in [7, 11) is 0. The summed E-state index contributed by atoms with van der Waals surface area (Å²) >= 11 is 0. The number of esters is 1. The van der Waals surface area contributed by atoms with Gasteiger partial charge in [0.1, 0.15) is 5.60 Å². The van der Waals surface area contributed by atoms with Crippen molar-refractivity contribution in [2.45, 2.75) is 26.4 Å². The molecular formula is C13H14O2. The summed E-state index contributed by atoms with van der Waals surface area (Å²) < 4.78 is 5.05. The van der Waals surface area contributed by atoms with Crippen LogP contribution in [0.4, 0.5) is 0 Å². The number of hydrogen-bond acceptors (Lipinski definition) is 2. The minimum atomic E-state index is -0.494. The predicted octanol–water partition coefficient (Wildman–Crippen LogP) is 2.38. The third-order valence-corrected chi connectivity index (χ3v) is 1.48. The smallest absolute Gasteiger partial charge is 0.385 e. The SMILES string of the molecule is CC(C)(C)OC(=O)C#Cc1ccccc1. The first-order valence-electron chi connectivity index (χ1n) is 4.77. The molecule has 0 amide bonds. The second-order valence-corrected chi connectivity index (χ2v) is 4.12. The second kappa shape index (κ2) is 4.65. The van der Waals surface area contributed by atoms with Crippen molar-refractivity contribution in [3.05, 3.63) is 35.9 Å². The number of hydrogen-bond donors (Lipinski definition) is 0. The van der Waals surface area contributed by atoms with Gasteiger partial charge in [-0.25, -0.2) is 4.79 Å². The topological polar surface area (TPSA) is 26.3 Å². The van der Waals surface area contributed by atoms with E-state index < -0.39 is 11.6 Å². The zero-order valence-corrected chi connectivity index (χ0v) is 9.20. The molecule has 0 N–H and O–H groups in total. The standard InChI is InChI=1S/C13H14O2/c1-13(2,3)15-12(14)10-9-11-7-5-4-6-8-11/h4-8H,1-3H3. The third kappa shape index (κ3) is 4.87. The summed E-state index contributed by atoms with van der Waals surface area (Å²) in [6.07, 6.45) is 0. The summed E-state index contributed by atoms with van der Waals surface area (Å²) in [6.45, 7) is 5.44. The molecule has 0 heterocycles. The van der Waals surface area contributed by atoms with Crippen LogP contribution in [0.1, 0.15) is 26.3 Å². The third-order valence-electron chi connectivity index (χ3n) is 1.48. The van der Waals surface area contributed by atoms with Crippen LogP contribution in [0.5, 0.6) is 0 Å². The Hall–Kier alpha value is -1.75. The van der Waals surface area contributed by atoms with Crippen molar-refractivity contribution in [3.63, 3.8) is 0 Å². The lowest BCUT2D eigenvalue weighted by Gasteiger charge is -2.16. The van der Waals surface area contributed by atoms with Crippen LogP contribution in [-0.4, -0.2) is 11.6 Å². The average molecular weight is 202 g/mol. The van der Waals surface area contributed by atoms with E-state index in [4.69, 9.17) is 4.74 Å². The van der Waals surface area contributed by atoms with Crippen LogP contribution in [0.2, 0.25) is 0 Å². The summed E-state index contributed by atoms with van der Waals surface area (Å²) in [5, 5.41) is 0. The van der Waals surface area contributed by atoms with Crippen LogP contribution in [0.25, 0.3) is 0 Å². The lowest BCUT2D eigenvalue weighted by atomic mass is 10.2. The molecule has 2 heteroatoms. The molecule has 0 radical (unpaired) electrons. The highest BCUT2D eigenvalue weighted by atomic mass is 16.6. The van der Waals surface area contributed by atoms with E-state index in [1.165, 1.54) is 0 Å². The highest BCUT2D eigenvalue weighted by Gasteiger charge is 2.13. The molecule has 0 aromatic heterocycles. The van der Waals surface area contributed by atoms with Gasteiger partial charge in [0, 0.05) is 11.5 Å². The van der Waals surface area contributed by atoms with Crippen molar-refractivity contribution in [1.29, 1.82) is 0 Å². The maximum Gasteiger partial charge on any atom is 0.385 e. The van der Waals surface area contributed by atoms with E-state index in [1.807, 2.05) is 51.1 Å². The fourth-order valence-electron chi connectivity index (χ4n) is 0.948. The molecule has 1 aromatic rings. The molecule has 0 spiro atoms. The van der Waals surface area contributed by atoms with Gasteiger partial charge >= 0.3 is 5.97 Å². The first-order valence-corrected chi connectivity index (χ1v) is 4.77.